The zero-order valence-electron chi connectivity index (χ0n) is 15.1. The summed E-state index contributed by atoms with van der Waals surface area (Å²) < 4.78 is 11.7. The average Bonchev–Trinajstić information content (AvgIpc) is 2.94. The molecule has 3 rings (SSSR count). The second-order valence-corrected chi connectivity index (χ2v) is 6.94. The van der Waals surface area contributed by atoms with Gasteiger partial charge < -0.3 is 14.1 Å². The van der Waals surface area contributed by atoms with Gasteiger partial charge in [-0.05, 0) is 57.6 Å². The summed E-state index contributed by atoms with van der Waals surface area (Å²) in [6, 6.07) is 4.13. The summed E-state index contributed by atoms with van der Waals surface area (Å²) in [6.07, 6.45) is 4.66. The Morgan fingerprint density at radius 3 is 2.71 bits per heavy atom. The molecule has 0 aliphatic carbocycles. The van der Waals surface area contributed by atoms with Gasteiger partial charge in [-0.2, -0.15) is 0 Å². The molecule has 4 nitrogen and oxygen atoms in total. The molecule has 1 amide bonds. The predicted octanol–water partition coefficient (Wildman–Crippen LogP) is 4.39. The fraction of sp³-hybridized carbons (Fsp3) is 0.550. The summed E-state index contributed by atoms with van der Waals surface area (Å²) in [6.45, 7) is 7.61. The lowest BCUT2D eigenvalue weighted by Crippen LogP contribution is -2.31. The van der Waals surface area contributed by atoms with E-state index in [-0.39, 0.29) is 12.0 Å². The molecule has 24 heavy (non-hydrogen) atoms. The van der Waals surface area contributed by atoms with Crippen LogP contribution in [0.25, 0.3) is 11.0 Å². The van der Waals surface area contributed by atoms with E-state index in [1.54, 1.807) is 4.90 Å². The van der Waals surface area contributed by atoms with Crippen LogP contribution in [0.1, 0.15) is 52.9 Å². The molecule has 0 spiro atoms. The maximum atomic E-state index is 12.8. The van der Waals surface area contributed by atoms with Gasteiger partial charge in [0.2, 0.25) is 0 Å². The molecule has 0 bridgehead atoms. The minimum absolute atomic E-state index is 0.0448. The zero-order chi connectivity index (χ0) is 17.3. The third kappa shape index (κ3) is 3.20. The molecule has 2 aromatic rings. The smallest absolute Gasteiger partial charge is 0.289 e. The number of aryl methyl sites for hydroxylation is 3. The Kier molecular flexibility index (Phi) is 4.95. The molecule has 2 heterocycles. The average molecular weight is 329 g/mol. The van der Waals surface area contributed by atoms with Gasteiger partial charge in [0.05, 0.1) is 6.10 Å². The SMILES string of the molecule is Cc1ccc2c(C)c(C(=O)N(C)CC[C@H]3CCCCO3)oc2c1C. The highest BCUT2D eigenvalue weighted by Crippen LogP contribution is 2.30. The Labute approximate surface area is 143 Å². The highest BCUT2D eigenvalue weighted by Gasteiger charge is 2.23. The monoisotopic (exact) mass is 329 g/mol. The van der Waals surface area contributed by atoms with Crippen LogP contribution >= 0.6 is 0 Å². The molecule has 130 valence electrons. The molecule has 1 aromatic carbocycles. The van der Waals surface area contributed by atoms with Gasteiger partial charge >= 0.3 is 0 Å². The van der Waals surface area contributed by atoms with Crippen molar-refractivity contribution in [3.8, 4) is 0 Å². The fourth-order valence-corrected chi connectivity index (χ4v) is 3.37. The molecule has 1 saturated heterocycles. The number of rotatable bonds is 4. The van der Waals surface area contributed by atoms with E-state index in [9.17, 15) is 4.79 Å². The van der Waals surface area contributed by atoms with Crippen molar-refractivity contribution >= 4 is 16.9 Å². The lowest BCUT2D eigenvalue weighted by atomic mass is 10.0. The van der Waals surface area contributed by atoms with E-state index in [1.807, 2.05) is 27.0 Å². The van der Waals surface area contributed by atoms with Crippen LogP contribution in [0.2, 0.25) is 0 Å². The highest BCUT2D eigenvalue weighted by molar-refractivity contribution is 5.99. The minimum Gasteiger partial charge on any atom is -0.450 e. The molecule has 4 heteroatoms. The van der Waals surface area contributed by atoms with Crippen molar-refractivity contribution in [2.45, 2.75) is 52.6 Å². The van der Waals surface area contributed by atoms with Crippen LogP contribution in [0.15, 0.2) is 16.5 Å². The molecule has 0 saturated carbocycles. The Balaban J connectivity index is 1.75. The van der Waals surface area contributed by atoms with Gasteiger partial charge in [-0.15, -0.1) is 0 Å². The highest BCUT2D eigenvalue weighted by atomic mass is 16.5. The minimum atomic E-state index is -0.0448. The van der Waals surface area contributed by atoms with Gasteiger partial charge in [0.1, 0.15) is 5.58 Å². The van der Waals surface area contributed by atoms with E-state index < -0.39 is 0 Å². The van der Waals surface area contributed by atoms with Crippen LogP contribution in [-0.2, 0) is 4.74 Å². The van der Waals surface area contributed by atoms with Crippen molar-refractivity contribution in [1.29, 1.82) is 0 Å². The number of benzene rings is 1. The molecular weight excluding hydrogens is 302 g/mol. The first-order chi connectivity index (χ1) is 11.5. The molecule has 0 N–H and O–H groups in total. The second-order valence-electron chi connectivity index (χ2n) is 6.94. The number of nitrogens with zero attached hydrogens (tertiary/aromatic N) is 1. The van der Waals surface area contributed by atoms with Gasteiger partial charge in [-0.3, -0.25) is 4.79 Å². The van der Waals surface area contributed by atoms with Crippen LogP contribution in [-0.4, -0.2) is 37.1 Å². The first-order valence-corrected chi connectivity index (χ1v) is 8.85. The number of carbonyl (C=O) groups excluding carboxylic acids is 1. The summed E-state index contributed by atoms with van der Waals surface area (Å²) in [4.78, 5) is 14.6. The number of amides is 1. The topological polar surface area (TPSA) is 42.7 Å². The fourth-order valence-electron chi connectivity index (χ4n) is 3.37. The van der Waals surface area contributed by atoms with Crippen molar-refractivity contribution in [3.63, 3.8) is 0 Å². The molecule has 0 unspecified atom stereocenters. The van der Waals surface area contributed by atoms with Gasteiger partial charge in [-0.25, -0.2) is 0 Å². The Bertz CT molecular complexity index is 741. The number of fused-ring (bicyclic) bond motifs is 1. The molecule has 1 aromatic heterocycles. The predicted molar refractivity (Wildman–Crippen MR) is 95.6 cm³/mol. The van der Waals surface area contributed by atoms with Gasteiger partial charge in [0, 0.05) is 31.1 Å². The lowest BCUT2D eigenvalue weighted by Gasteiger charge is -2.25. The van der Waals surface area contributed by atoms with Crippen LogP contribution in [0, 0.1) is 20.8 Å². The van der Waals surface area contributed by atoms with Crippen LogP contribution in [0.5, 0.6) is 0 Å². The van der Waals surface area contributed by atoms with Crippen molar-refractivity contribution in [3.05, 3.63) is 34.6 Å². The van der Waals surface area contributed by atoms with E-state index in [4.69, 9.17) is 9.15 Å². The zero-order valence-corrected chi connectivity index (χ0v) is 15.1. The lowest BCUT2D eigenvalue weighted by molar-refractivity contribution is 0.00691. The summed E-state index contributed by atoms with van der Waals surface area (Å²) in [7, 11) is 1.84. The van der Waals surface area contributed by atoms with Gasteiger partial charge in [0.25, 0.3) is 5.91 Å². The number of furan rings is 1. The third-order valence-electron chi connectivity index (χ3n) is 5.23. The van der Waals surface area contributed by atoms with E-state index in [2.05, 4.69) is 13.0 Å². The van der Waals surface area contributed by atoms with E-state index >= 15 is 0 Å². The summed E-state index contributed by atoms with van der Waals surface area (Å²) in [5, 5.41) is 1.03. The number of hydrogen-bond donors (Lipinski definition) is 0. The van der Waals surface area contributed by atoms with E-state index in [1.165, 1.54) is 12.0 Å². The van der Waals surface area contributed by atoms with Crippen molar-refractivity contribution in [2.75, 3.05) is 20.2 Å². The normalized spacial score (nSPS) is 18.1. The number of carbonyl (C=O) groups is 1. The molecule has 1 atom stereocenters. The van der Waals surface area contributed by atoms with Crippen LogP contribution in [0.4, 0.5) is 0 Å². The first-order valence-electron chi connectivity index (χ1n) is 8.85. The first kappa shape index (κ1) is 17.0. The molecule has 1 aliphatic rings. The maximum absolute atomic E-state index is 12.8. The molecule has 0 radical (unpaired) electrons. The summed E-state index contributed by atoms with van der Waals surface area (Å²) >= 11 is 0. The van der Waals surface area contributed by atoms with Crippen LogP contribution in [0.3, 0.4) is 0 Å². The van der Waals surface area contributed by atoms with Crippen molar-refractivity contribution < 1.29 is 13.9 Å². The maximum Gasteiger partial charge on any atom is 0.289 e. The Hall–Kier alpha value is -1.81. The standard InChI is InChI=1S/C20H27NO3/c1-13-8-9-17-15(3)19(24-18(17)14(13)2)20(22)21(4)11-10-16-7-5-6-12-23-16/h8-9,16H,5-7,10-12H2,1-4H3/t16-/m1/s1. The number of hydrogen-bond acceptors (Lipinski definition) is 3. The van der Waals surface area contributed by atoms with Gasteiger partial charge in [-0.1, -0.05) is 12.1 Å². The molecular formula is C20H27NO3. The Morgan fingerprint density at radius 1 is 1.21 bits per heavy atom. The largest absolute Gasteiger partial charge is 0.450 e. The Morgan fingerprint density at radius 2 is 2.00 bits per heavy atom. The molecule has 1 fully saturated rings. The second kappa shape index (κ2) is 6.98. The number of ether oxygens (including phenoxy) is 1. The summed E-state index contributed by atoms with van der Waals surface area (Å²) in [5.74, 6) is 0.419. The van der Waals surface area contributed by atoms with Crippen molar-refractivity contribution in [2.24, 2.45) is 0 Å². The summed E-state index contributed by atoms with van der Waals surface area (Å²) in [5.41, 5.74) is 4.05. The third-order valence-corrected chi connectivity index (χ3v) is 5.23. The van der Waals surface area contributed by atoms with Crippen LogP contribution < -0.4 is 0 Å². The van der Waals surface area contributed by atoms with E-state index in [0.29, 0.717) is 12.3 Å². The van der Waals surface area contributed by atoms with E-state index in [0.717, 1.165) is 48.0 Å². The quantitative estimate of drug-likeness (QED) is 0.835. The van der Waals surface area contributed by atoms with Crippen molar-refractivity contribution in [1.82, 2.24) is 4.90 Å². The molecule has 1 aliphatic heterocycles. The van der Waals surface area contributed by atoms with Gasteiger partial charge in [0.15, 0.2) is 5.76 Å².